The van der Waals surface area contributed by atoms with Crippen LogP contribution in [0.4, 0.5) is 5.82 Å². The Balaban J connectivity index is 2.38. The minimum atomic E-state index is 1.07. The van der Waals surface area contributed by atoms with Crippen molar-refractivity contribution >= 4 is 5.82 Å². The van der Waals surface area contributed by atoms with E-state index in [1.807, 2.05) is 0 Å². The van der Waals surface area contributed by atoms with Gasteiger partial charge in [0.05, 0.1) is 0 Å². The first-order valence-electron chi connectivity index (χ1n) is 4.61. The van der Waals surface area contributed by atoms with Gasteiger partial charge in [0.15, 0.2) is 5.82 Å². The number of anilines is 1. The Morgan fingerprint density at radius 3 is 3.17 bits per heavy atom. The van der Waals surface area contributed by atoms with Crippen LogP contribution in [0.5, 0.6) is 0 Å². The second-order valence-electron chi connectivity index (χ2n) is 3.33. The number of aromatic nitrogens is 2. The monoisotopic (exact) mass is 165 g/mol. The molecule has 0 radical (unpaired) electrons. The second-order valence-corrected chi connectivity index (χ2v) is 3.33. The van der Waals surface area contributed by atoms with Crippen LogP contribution in [-0.2, 0) is 6.42 Å². The van der Waals surface area contributed by atoms with Crippen molar-refractivity contribution in [2.75, 3.05) is 18.0 Å². The van der Waals surface area contributed by atoms with Crippen molar-refractivity contribution in [1.82, 2.24) is 10.2 Å². The van der Waals surface area contributed by atoms with Gasteiger partial charge in [-0.05, 0) is 26.7 Å². The maximum atomic E-state index is 4.31. The Labute approximate surface area is 72.8 Å². The number of H-pyrrole nitrogens is 1. The van der Waals surface area contributed by atoms with Crippen molar-refractivity contribution < 1.29 is 0 Å². The first-order chi connectivity index (χ1) is 5.83. The maximum absolute atomic E-state index is 4.31. The molecular weight excluding hydrogens is 150 g/mol. The number of aryl methyl sites for hydroxylation is 1. The van der Waals surface area contributed by atoms with Crippen LogP contribution in [0, 0.1) is 6.92 Å². The van der Waals surface area contributed by atoms with Gasteiger partial charge in [-0.25, -0.2) is 0 Å². The van der Waals surface area contributed by atoms with Crippen LogP contribution >= 0.6 is 0 Å². The van der Waals surface area contributed by atoms with Gasteiger partial charge in [0.2, 0.25) is 0 Å². The second kappa shape index (κ2) is 2.81. The molecule has 66 valence electrons. The fourth-order valence-corrected chi connectivity index (χ4v) is 1.86. The van der Waals surface area contributed by atoms with Crippen LogP contribution in [0.3, 0.4) is 0 Å². The molecule has 1 aromatic rings. The molecule has 0 unspecified atom stereocenters. The highest BCUT2D eigenvalue weighted by molar-refractivity contribution is 5.50. The highest BCUT2D eigenvalue weighted by Gasteiger charge is 2.19. The van der Waals surface area contributed by atoms with E-state index in [1.54, 1.807) is 0 Å². The van der Waals surface area contributed by atoms with Gasteiger partial charge in [-0.2, -0.15) is 5.10 Å². The van der Waals surface area contributed by atoms with Crippen LogP contribution in [0.25, 0.3) is 0 Å². The van der Waals surface area contributed by atoms with E-state index >= 15 is 0 Å². The molecule has 0 aliphatic carbocycles. The smallest absolute Gasteiger partial charge is 0.153 e. The average Bonchev–Trinajstić information content (AvgIpc) is 2.48. The molecule has 2 rings (SSSR count). The van der Waals surface area contributed by atoms with Crippen molar-refractivity contribution in [3.63, 3.8) is 0 Å². The van der Waals surface area contributed by atoms with Gasteiger partial charge in [-0.15, -0.1) is 0 Å². The summed E-state index contributed by atoms with van der Waals surface area (Å²) >= 11 is 0. The molecule has 1 aromatic heterocycles. The van der Waals surface area contributed by atoms with Crippen LogP contribution < -0.4 is 4.90 Å². The lowest BCUT2D eigenvalue weighted by molar-refractivity contribution is 0.699. The summed E-state index contributed by atoms with van der Waals surface area (Å²) in [5, 5.41) is 7.36. The number of rotatable bonds is 1. The molecule has 1 aliphatic heterocycles. The van der Waals surface area contributed by atoms with Crippen molar-refractivity contribution in [3.05, 3.63) is 11.3 Å². The Hall–Kier alpha value is -0.990. The molecule has 0 atom stereocenters. The molecule has 3 nitrogen and oxygen atoms in total. The highest BCUT2D eigenvalue weighted by Crippen LogP contribution is 2.26. The van der Waals surface area contributed by atoms with E-state index in [0.717, 1.165) is 13.1 Å². The SMILES string of the molecule is CCN1CCCc2c1n[nH]c2C. The third-order valence-electron chi connectivity index (χ3n) is 2.59. The number of fused-ring (bicyclic) bond motifs is 1. The van der Waals surface area contributed by atoms with E-state index in [-0.39, 0.29) is 0 Å². The van der Waals surface area contributed by atoms with E-state index in [1.165, 1.54) is 29.9 Å². The fraction of sp³-hybridized carbons (Fsp3) is 0.667. The molecule has 0 spiro atoms. The molecule has 1 N–H and O–H groups in total. The summed E-state index contributed by atoms with van der Waals surface area (Å²) in [7, 11) is 0. The van der Waals surface area contributed by atoms with Crippen molar-refractivity contribution in [2.45, 2.75) is 26.7 Å². The Bertz CT molecular complexity index is 277. The fourth-order valence-electron chi connectivity index (χ4n) is 1.86. The summed E-state index contributed by atoms with van der Waals surface area (Å²) in [6.07, 6.45) is 2.45. The molecule has 0 bridgehead atoms. The number of nitrogens with one attached hydrogen (secondary N) is 1. The summed E-state index contributed by atoms with van der Waals surface area (Å²) in [6, 6.07) is 0. The quantitative estimate of drug-likeness (QED) is 0.683. The lowest BCUT2D eigenvalue weighted by Crippen LogP contribution is -2.28. The van der Waals surface area contributed by atoms with Gasteiger partial charge in [-0.1, -0.05) is 0 Å². The zero-order valence-electron chi connectivity index (χ0n) is 7.72. The molecule has 0 aromatic carbocycles. The predicted molar refractivity (Wildman–Crippen MR) is 49.5 cm³/mol. The zero-order valence-corrected chi connectivity index (χ0v) is 7.72. The van der Waals surface area contributed by atoms with Crippen molar-refractivity contribution in [2.24, 2.45) is 0 Å². The molecule has 0 fully saturated rings. The third-order valence-corrected chi connectivity index (χ3v) is 2.59. The zero-order chi connectivity index (χ0) is 8.55. The van der Waals surface area contributed by atoms with Gasteiger partial charge >= 0.3 is 0 Å². The third kappa shape index (κ3) is 1.00. The number of hydrogen-bond donors (Lipinski definition) is 1. The van der Waals surface area contributed by atoms with Gasteiger partial charge in [-0.3, -0.25) is 5.10 Å². The average molecular weight is 165 g/mol. The lowest BCUT2D eigenvalue weighted by Gasteiger charge is -2.26. The number of aromatic amines is 1. The van der Waals surface area contributed by atoms with E-state index < -0.39 is 0 Å². The van der Waals surface area contributed by atoms with Crippen LogP contribution in [0.2, 0.25) is 0 Å². The molecule has 0 amide bonds. The molecule has 1 aliphatic rings. The molecule has 0 saturated carbocycles. The molecule has 0 saturated heterocycles. The molecule has 2 heterocycles. The first-order valence-corrected chi connectivity index (χ1v) is 4.61. The van der Waals surface area contributed by atoms with E-state index in [9.17, 15) is 0 Å². The lowest BCUT2D eigenvalue weighted by atomic mass is 10.1. The van der Waals surface area contributed by atoms with Crippen LogP contribution in [0.15, 0.2) is 0 Å². The molecular formula is C9H15N3. The highest BCUT2D eigenvalue weighted by atomic mass is 15.3. The van der Waals surface area contributed by atoms with E-state index in [2.05, 4.69) is 28.9 Å². The summed E-state index contributed by atoms with van der Waals surface area (Å²) in [5.41, 5.74) is 2.66. The largest absolute Gasteiger partial charge is 0.355 e. The summed E-state index contributed by atoms with van der Waals surface area (Å²) < 4.78 is 0. The first kappa shape index (κ1) is 7.65. The Morgan fingerprint density at radius 2 is 2.42 bits per heavy atom. The van der Waals surface area contributed by atoms with Crippen LogP contribution in [0.1, 0.15) is 24.6 Å². The number of nitrogens with zero attached hydrogens (tertiary/aromatic N) is 2. The van der Waals surface area contributed by atoms with E-state index in [4.69, 9.17) is 0 Å². The van der Waals surface area contributed by atoms with E-state index in [0.29, 0.717) is 0 Å². The molecule has 12 heavy (non-hydrogen) atoms. The van der Waals surface area contributed by atoms with Gasteiger partial charge in [0.25, 0.3) is 0 Å². The standard InChI is InChI=1S/C9H15N3/c1-3-12-6-4-5-8-7(2)10-11-9(8)12/h3-6H2,1-2H3,(H,10,11). The number of hydrogen-bond acceptors (Lipinski definition) is 2. The van der Waals surface area contributed by atoms with Gasteiger partial charge in [0, 0.05) is 24.3 Å². The minimum Gasteiger partial charge on any atom is -0.355 e. The Morgan fingerprint density at radius 1 is 1.58 bits per heavy atom. The Kier molecular flexibility index (Phi) is 1.79. The van der Waals surface area contributed by atoms with Crippen LogP contribution in [-0.4, -0.2) is 23.3 Å². The van der Waals surface area contributed by atoms with Crippen molar-refractivity contribution in [3.8, 4) is 0 Å². The topological polar surface area (TPSA) is 31.9 Å². The normalized spacial score (nSPS) is 16.3. The van der Waals surface area contributed by atoms with Gasteiger partial charge < -0.3 is 4.90 Å². The summed E-state index contributed by atoms with van der Waals surface area (Å²) in [4.78, 5) is 2.34. The predicted octanol–water partition coefficient (Wildman–Crippen LogP) is 1.49. The molecule has 3 heteroatoms. The van der Waals surface area contributed by atoms with Gasteiger partial charge in [0.1, 0.15) is 0 Å². The maximum Gasteiger partial charge on any atom is 0.153 e. The minimum absolute atomic E-state index is 1.07. The summed E-state index contributed by atoms with van der Waals surface area (Å²) in [6.45, 7) is 6.51. The summed E-state index contributed by atoms with van der Waals surface area (Å²) in [5.74, 6) is 1.18. The van der Waals surface area contributed by atoms with Crippen molar-refractivity contribution in [1.29, 1.82) is 0 Å².